The molecule has 1 amide bonds. The van der Waals surface area contributed by atoms with Crippen molar-refractivity contribution in [2.24, 2.45) is 11.7 Å². The van der Waals surface area contributed by atoms with Crippen LogP contribution in [0.4, 0.5) is 5.69 Å². The van der Waals surface area contributed by atoms with Crippen LogP contribution in [0.15, 0.2) is 27.4 Å². The molecule has 18 heavy (non-hydrogen) atoms. The molecule has 0 saturated carbocycles. The van der Waals surface area contributed by atoms with Gasteiger partial charge in [-0.1, -0.05) is 6.92 Å². The van der Waals surface area contributed by atoms with E-state index in [0.717, 1.165) is 0 Å². The molecule has 0 bridgehead atoms. The summed E-state index contributed by atoms with van der Waals surface area (Å²) in [6.07, 6.45) is 0. The molecule has 2 rings (SSSR count). The van der Waals surface area contributed by atoms with Crippen molar-refractivity contribution in [2.75, 3.05) is 5.32 Å². The van der Waals surface area contributed by atoms with Crippen molar-refractivity contribution < 1.29 is 9.21 Å². The summed E-state index contributed by atoms with van der Waals surface area (Å²) in [6.45, 7) is 3.54. The normalized spacial score (nSPS) is 14.4. The molecule has 1 heterocycles. The molecule has 0 saturated heterocycles. The number of fused-ring (bicyclic) bond motifs is 1. The van der Waals surface area contributed by atoms with Crippen LogP contribution < -0.4 is 16.8 Å². The zero-order chi connectivity index (χ0) is 13.3. The van der Waals surface area contributed by atoms with Gasteiger partial charge in [0.05, 0.1) is 11.4 Å². The van der Waals surface area contributed by atoms with Crippen molar-refractivity contribution in [2.45, 2.75) is 19.9 Å². The van der Waals surface area contributed by atoms with Gasteiger partial charge in [-0.15, -0.1) is 0 Å². The predicted octanol–water partition coefficient (Wildman–Crippen LogP) is 1.04. The van der Waals surface area contributed by atoms with Crippen molar-refractivity contribution in [1.29, 1.82) is 0 Å². The lowest BCUT2D eigenvalue weighted by atomic mass is 10.0. The van der Waals surface area contributed by atoms with Gasteiger partial charge >= 0.3 is 5.76 Å². The summed E-state index contributed by atoms with van der Waals surface area (Å²) in [6, 6.07) is 4.72. The van der Waals surface area contributed by atoms with Gasteiger partial charge in [0, 0.05) is 11.7 Å². The highest BCUT2D eigenvalue weighted by atomic mass is 16.4. The first-order valence-electron chi connectivity index (χ1n) is 5.66. The summed E-state index contributed by atoms with van der Waals surface area (Å²) in [5.74, 6) is -0.961. The average Bonchev–Trinajstić information content (AvgIpc) is 2.67. The highest BCUT2D eigenvalue weighted by molar-refractivity contribution is 5.94. The number of H-pyrrole nitrogens is 1. The number of hydrogen-bond acceptors (Lipinski definition) is 4. The van der Waals surface area contributed by atoms with Crippen LogP contribution in [0.1, 0.15) is 13.8 Å². The zero-order valence-electron chi connectivity index (χ0n) is 10.2. The number of rotatable bonds is 3. The fraction of sp³-hybridized carbons (Fsp3) is 0.333. The quantitative estimate of drug-likeness (QED) is 0.756. The summed E-state index contributed by atoms with van der Waals surface area (Å²) >= 11 is 0. The monoisotopic (exact) mass is 249 g/mol. The molecule has 96 valence electrons. The number of nitrogens with two attached hydrogens (primary N) is 1. The maximum absolute atomic E-state index is 11.8. The summed E-state index contributed by atoms with van der Waals surface area (Å²) in [7, 11) is 0. The Labute approximate surface area is 103 Å². The summed E-state index contributed by atoms with van der Waals surface area (Å²) in [5, 5.41) is 2.74. The van der Waals surface area contributed by atoms with E-state index in [0.29, 0.717) is 16.8 Å². The third kappa shape index (κ3) is 2.43. The number of amides is 1. The highest BCUT2D eigenvalue weighted by Crippen LogP contribution is 2.17. The molecule has 1 aromatic carbocycles. The second-order valence-corrected chi connectivity index (χ2v) is 4.36. The number of hydrogen-bond donors (Lipinski definition) is 3. The van der Waals surface area contributed by atoms with Crippen molar-refractivity contribution >= 4 is 22.7 Å². The third-order valence-corrected chi connectivity index (χ3v) is 2.89. The highest BCUT2D eigenvalue weighted by Gasteiger charge is 2.17. The Morgan fingerprint density at radius 1 is 1.44 bits per heavy atom. The van der Waals surface area contributed by atoms with E-state index in [1.165, 1.54) is 0 Å². The van der Waals surface area contributed by atoms with Crippen LogP contribution in [0.2, 0.25) is 0 Å². The molecule has 6 heteroatoms. The van der Waals surface area contributed by atoms with Gasteiger partial charge in [-0.05, 0) is 25.1 Å². The SMILES string of the molecule is CC(N)C(C)C(=O)Nc1ccc2oc(=O)[nH]c2c1. The minimum absolute atomic E-state index is 0.157. The van der Waals surface area contributed by atoms with Gasteiger partial charge in [-0.3, -0.25) is 9.78 Å². The van der Waals surface area contributed by atoms with Crippen molar-refractivity contribution in [3.05, 3.63) is 28.7 Å². The van der Waals surface area contributed by atoms with Gasteiger partial charge in [0.25, 0.3) is 0 Å². The zero-order valence-corrected chi connectivity index (χ0v) is 10.2. The Hall–Kier alpha value is -2.08. The second-order valence-electron chi connectivity index (χ2n) is 4.36. The second kappa shape index (κ2) is 4.66. The van der Waals surface area contributed by atoms with Crippen LogP contribution in [-0.2, 0) is 4.79 Å². The van der Waals surface area contributed by atoms with E-state index >= 15 is 0 Å². The van der Waals surface area contributed by atoms with Crippen molar-refractivity contribution in [3.63, 3.8) is 0 Å². The van der Waals surface area contributed by atoms with E-state index in [9.17, 15) is 9.59 Å². The van der Waals surface area contributed by atoms with E-state index in [-0.39, 0.29) is 17.9 Å². The number of carbonyl (C=O) groups is 1. The third-order valence-electron chi connectivity index (χ3n) is 2.89. The Kier molecular flexibility index (Phi) is 3.20. The lowest BCUT2D eigenvalue weighted by molar-refractivity contribution is -0.119. The summed E-state index contributed by atoms with van der Waals surface area (Å²) < 4.78 is 4.87. The van der Waals surface area contributed by atoms with Crippen LogP contribution in [0.3, 0.4) is 0 Å². The lowest BCUT2D eigenvalue weighted by Gasteiger charge is -2.15. The standard InChI is InChI=1S/C12H15N3O3/c1-6(7(2)13)11(16)14-8-3-4-10-9(5-8)15-12(17)18-10/h3-7H,13H2,1-2H3,(H,14,16)(H,15,17). The Morgan fingerprint density at radius 2 is 2.17 bits per heavy atom. The van der Waals surface area contributed by atoms with Gasteiger partial charge in [-0.2, -0.15) is 0 Å². The van der Waals surface area contributed by atoms with E-state index in [1.54, 1.807) is 32.0 Å². The van der Waals surface area contributed by atoms with Crippen LogP contribution in [0, 0.1) is 5.92 Å². The van der Waals surface area contributed by atoms with Gasteiger partial charge in [0.1, 0.15) is 0 Å². The van der Waals surface area contributed by atoms with Gasteiger partial charge in [-0.25, -0.2) is 4.79 Å². The molecule has 0 aliphatic carbocycles. The summed E-state index contributed by atoms with van der Waals surface area (Å²) in [4.78, 5) is 25.3. The molecule has 1 aromatic heterocycles. The minimum atomic E-state index is -0.516. The molecule has 0 aliphatic heterocycles. The first kappa shape index (κ1) is 12.4. The topological polar surface area (TPSA) is 101 Å². The maximum Gasteiger partial charge on any atom is 0.417 e. The molecule has 4 N–H and O–H groups in total. The largest absolute Gasteiger partial charge is 0.417 e. The van der Waals surface area contributed by atoms with E-state index in [4.69, 9.17) is 10.2 Å². The molecule has 0 aliphatic rings. The molecule has 6 nitrogen and oxygen atoms in total. The maximum atomic E-state index is 11.8. The van der Waals surface area contributed by atoms with Crippen molar-refractivity contribution in [1.82, 2.24) is 4.98 Å². The first-order valence-corrected chi connectivity index (χ1v) is 5.66. The predicted molar refractivity (Wildman–Crippen MR) is 68.3 cm³/mol. The van der Waals surface area contributed by atoms with E-state index in [2.05, 4.69) is 10.3 Å². The molecular formula is C12H15N3O3. The summed E-state index contributed by atoms with van der Waals surface area (Å²) in [5.41, 5.74) is 7.26. The van der Waals surface area contributed by atoms with Crippen LogP contribution in [0.25, 0.3) is 11.1 Å². The fourth-order valence-electron chi connectivity index (χ4n) is 1.52. The molecule has 0 radical (unpaired) electrons. The number of nitrogens with one attached hydrogen (secondary N) is 2. The Bertz CT molecular complexity index is 627. The number of oxazole rings is 1. The smallest absolute Gasteiger partial charge is 0.408 e. The van der Waals surface area contributed by atoms with Gasteiger partial charge in [0.15, 0.2) is 5.58 Å². The molecule has 2 aromatic rings. The number of aromatic nitrogens is 1. The number of benzene rings is 1. The number of aromatic amines is 1. The minimum Gasteiger partial charge on any atom is -0.408 e. The molecular weight excluding hydrogens is 234 g/mol. The van der Waals surface area contributed by atoms with Crippen LogP contribution in [-0.4, -0.2) is 16.9 Å². The van der Waals surface area contributed by atoms with E-state index in [1.807, 2.05) is 0 Å². The average molecular weight is 249 g/mol. The molecule has 2 atom stereocenters. The van der Waals surface area contributed by atoms with Crippen molar-refractivity contribution in [3.8, 4) is 0 Å². The number of carbonyl (C=O) groups excluding carboxylic acids is 1. The van der Waals surface area contributed by atoms with Crippen LogP contribution >= 0.6 is 0 Å². The number of anilines is 1. The van der Waals surface area contributed by atoms with Gasteiger partial charge < -0.3 is 15.5 Å². The van der Waals surface area contributed by atoms with Gasteiger partial charge in [0.2, 0.25) is 5.91 Å². The lowest BCUT2D eigenvalue weighted by Crippen LogP contribution is -2.34. The molecule has 0 fully saturated rings. The Morgan fingerprint density at radius 3 is 2.83 bits per heavy atom. The van der Waals surface area contributed by atoms with E-state index < -0.39 is 5.76 Å². The first-order chi connectivity index (χ1) is 8.47. The molecule has 0 spiro atoms. The van der Waals surface area contributed by atoms with Crippen LogP contribution in [0.5, 0.6) is 0 Å². The molecule has 2 unspecified atom stereocenters. The fourth-order valence-corrected chi connectivity index (χ4v) is 1.52. The Balaban J connectivity index is 2.21.